The van der Waals surface area contributed by atoms with Gasteiger partial charge in [-0.1, -0.05) is 20.8 Å². The summed E-state index contributed by atoms with van der Waals surface area (Å²) in [6.07, 6.45) is 4.18. The van der Waals surface area contributed by atoms with Crippen LogP contribution in [0.1, 0.15) is 40.0 Å². The average molecular weight is 169 g/mol. The summed E-state index contributed by atoms with van der Waals surface area (Å²) in [5.74, 6) is 0.925. The summed E-state index contributed by atoms with van der Waals surface area (Å²) in [5.41, 5.74) is 0.522. The summed E-state index contributed by atoms with van der Waals surface area (Å²) in [4.78, 5) is 2.48. The first-order valence-corrected chi connectivity index (χ1v) is 5.18. The molecular weight excluding hydrogens is 146 g/mol. The molecule has 0 aliphatic carbocycles. The van der Waals surface area contributed by atoms with Crippen molar-refractivity contribution in [2.24, 2.45) is 11.3 Å². The van der Waals surface area contributed by atoms with Crippen LogP contribution in [0, 0.1) is 11.3 Å². The molecular formula is C11H23N. The summed E-state index contributed by atoms with van der Waals surface area (Å²) in [6.45, 7) is 9.73. The molecule has 1 nitrogen and oxygen atoms in total. The summed E-state index contributed by atoms with van der Waals surface area (Å²) in [7, 11) is 2.25. The largest absolute Gasteiger partial charge is 0.306 e. The second-order valence-corrected chi connectivity index (χ2v) is 5.35. The molecule has 1 saturated heterocycles. The minimum absolute atomic E-state index is 0.522. The lowest BCUT2D eigenvalue weighted by molar-refractivity contribution is 0.147. The monoisotopic (exact) mass is 169 g/mol. The van der Waals surface area contributed by atoms with Gasteiger partial charge in [0.2, 0.25) is 0 Å². The Morgan fingerprint density at radius 1 is 1.33 bits per heavy atom. The number of rotatable bonds is 0. The van der Waals surface area contributed by atoms with Crippen molar-refractivity contribution >= 4 is 0 Å². The number of likely N-dealkylation sites (tertiary alicyclic amines) is 1. The van der Waals surface area contributed by atoms with Crippen LogP contribution in [0.4, 0.5) is 0 Å². The number of nitrogens with zero attached hydrogens (tertiary/aromatic N) is 1. The van der Waals surface area contributed by atoms with E-state index in [9.17, 15) is 0 Å². The minimum Gasteiger partial charge on any atom is -0.306 e. The maximum absolute atomic E-state index is 2.48. The van der Waals surface area contributed by atoms with Gasteiger partial charge < -0.3 is 4.90 Å². The van der Waals surface area contributed by atoms with E-state index in [2.05, 4.69) is 32.7 Å². The van der Waals surface area contributed by atoms with Crippen molar-refractivity contribution in [3.05, 3.63) is 0 Å². The molecule has 1 heterocycles. The van der Waals surface area contributed by atoms with Crippen LogP contribution < -0.4 is 0 Å². The molecule has 0 spiro atoms. The SMILES string of the molecule is CC1CCCN(C)CC(C)(C)C1. The Hall–Kier alpha value is -0.0400. The molecule has 72 valence electrons. The molecule has 12 heavy (non-hydrogen) atoms. The van der Waals surface area contributed by atoms with Crippen LogP contribution >= 0.6 is 0 Å². The van der Waals surface area contributed by atoms with Crippen molar-refractivity contribution < 1.29 is 0 Å². The zero-order valence-corrected chi connectivity index (χ0v) is 9.06. The molecule has 0 saturated carbocycles. The lowest BCUT2D eigenvalue weighted by atomic mass is 9.80. The topological polar surface area (TPSA) is 3.24 Å². The molecule has 1 fully saturated rings. The molecule has 1 rings (SSSR count). The Balaban J connectivity index is 2.51. The van der Waals surface area contributed by atoms with Crippen molar-refractivity contribution in [3.63, 3.8) is 0 Å². The molecule has 1 aliphatic rings. The third-order valence-corrected chi connectivity index (χ3v) is 2.84. The van der Waals surface area contributed by atoms with Gasteiger partial charge in [0.15, 0.2) is 0 Å². The van der Waals surface area contributed by atoms with Gasteiger partial charge in [-0.3, -0.25) is 0 Å². The van der Waals surface area contributed by atoms with Crippen LogP contribution in [-0.4, -0.2) is 25.0 Å². The first-order valence-electron chi connectivity index (χ1n) is 5.18. The Kier molecular flexibility index (Phi) is 3.16. The fourth-order valence-electron chi connectivity index (χ4n) is 2.63. The van der Waals surface area contributed by atoms with Gasteiger partial charge in [0.05, 0.1) is 0 Å². The number of hydrogen-bond acceptors (Lipinski definition) is 1. The molecule has 1 unspecified atom stereocenters. The van der Waals surface area contributed by atoms with Crippen molar-refractivity contribution in [3.8, 4) is 0 Å². The average Bonchev–Trinajstić information content (AvgIpc) is 1.81. The molecule has 1 atom stereocenters. The van der Waals surface area contributed by atoms with E-state index in [4.69, 9.17) is 0 Å². The highest BCUT2D eigenvalue weighted by atomic mass is 15.1. The quantitative estimate of drug-likeness (QED) is 0.539. The van der Waals surface area contributed by atoms with Gasteiger partial charge in [0, 0.05) is 6.54 Å². The van der Waals surface area contributed by atoms with E-state index in [-0.39, 0.29) is 0 Å². The molecule has 0 bridgehead atoms. The van der Waals surface area contributed by atoms with E-state index < -0.39 is 0 Å². The molecule has 0 aromatic heterocycles. The summed E-state index contributed by atoms with van der Waals surface area (Å²) in [5, 5.41) is 0. The third-order valence-electron chi connectivity index (χ3n) is 2.84. The van der Waals surface area contributed by atoms with Gasteiger partial charge in [0.25, 0.3) is 0 Å². The van der Waals surface area contributed by atoms with Gasteiger partial charge in [0.1, 0.15) is 0 Å². The molecule has 1 heteroatoms. The van der Waals surface area contributed by atoms with Crippen LogP contribution in [0.25, 0.3) is 0 Å². The van der Waals surface area contributed by atoms with Crippen molar-refractivity contribution in [1.29, 1.82) is 0 Å². The molecule has 0 N–H and O–H groups in total. The zero-order valence-electron chi connectivity index (χ0n) is 9.06. The molecule has 0 amide bonds. The Bertz CT molecular complexity index is 126. The normalized spacial score (nSPS) is 32.5. The predicted octanol–water partition coefficient (Wildman–Crippen LogP) is 2.76. The smallest absolute Gasteiger partial charge is 0.00297 e. The minimum atomic E-state index is 0.522. The highest BCUT2D eigenvalue weighted by Crippen LogP contribution is 2.30. The van der Waals surface area contributed by atoms with E-state index in [0.717, 1.165) is 5.92 Å². The van der Waals surface area contributed by atoms with E-state index in [1.54, 1.807) is 0 Å². The van der Waals surface area contributed by atoms with Gasteiger partial charge in [-0.25, -0.2) is 0 Å². The summed E-state index contributed by atoms with van der Waals surface area (Å²) >= 11 is 0. The van der Waals surface area contributed by atoms with Crippen LogP contribution in [-0.2, 0) is 0 Å². The predicted molar refractivity (Wildman–Crippen MR) is 54.3 cm³/mol. The molecule has 0 aromatic rings. The third kappa shape index (κ3) is 3.14. The fraction of sp³-hybridized carbons (Fsp3) is 1.00. The first-order chi connectivity index (χ1) is 5.49. The van der Waals surface area contributed by atoms with E-state index in [1.165, 1.54) is 32.4 Å². The fourth-order valence-corrected chi connectivity index (χ4v) is 2.63. The molecule has 0 radical (unpaired) electrons. The van der Waals surface area contributed by atoms with E-state index in [1.807, 2.05) is 0 Å². The number of hydrogen-bond donors (Lipinski definition) is 0. The van der Waals surface area contributed by atoms with Gasteiger partial charge in [-0.2, -0.15) is 0 Å². The lowest BCUT2D eigenvalue weighted by Crippen LogP contribution is -2.35. The maximum Gasteiger partial charge on any atom is 0.00297 e. The summed E-state index contributed by atoms with van der Waals surface area (Å²) in [6, 6.07) is 0. The van der Waals surface area contributed by atoms with Crippen LogP contribution in [0.15, 0.2) is 0 Å². The first kappa shape index (κ1) is 10.0. The standard InChI is InChI=1S/C11H23N/c1-10-6-5-7-12(4)9-11(2,3)8-10/h10H,5-9H2,1-4H3. The molecule has 1 aliphatic heterocycles. The van der Waals surface area contributed by atoms with Gasteiger partial charge in [-0.05, 0) is 44.2 Å². The van der Waals surface area contributed by atoms with Crippen LogP contribution in [0.3, 0.4) is 0 Å². The van der Waals surface area contributed by atoms with Gasteiger partial charge in [-0.15, -0.1) is 0 Å². The highest BCUT2D eigenvalue weighted by molar-refractivity contribution is 4.77. The highest BCUT2D eigenvalue weighted by Gasteiger charge is 2.24. The maximum atomic E-state index is 2.48. The van der Waals surface area contributed by atoms with Crippen molar-refractivity contribution in [1.82, 2.24) is 4.90 Å². The second-order valence-electron chi connectivity index (χ2n) is 5.35. The van der Waals surface area contributed by atoms with Crippen molar-refractivity contribution in [2.45, 2.75) is 40.0 Å². The van der Waals surface area contributed by atoms with E-state index in [0.29, 0.717) is 5.41 Å². The van der Waals surface area contributed by atoms with E-state index >= 15 is 0 Å². The Labute approximate surface area is 77.1 Å². The Morgan fingerprint density at radius 2 is 2.00 bits per heavy atom. The van der Waals surface area contributed by atoms with Crippen LogP contribution in [0.5, 0.6) is 0 Å². The lowest BCUT2D eigenvalue weighted by Gasteiger charge is -2.35. The second kappa shape index (κ2) is 3.78. The zero-order chi connectivity index (χ0) is 9.19. The van der Waals surface area contributed by atoms with Crippen molar-refractivity contribution in [2.75, 3.05) is 20.1 Å². The summed E-state index contributed by atoms with van der Waals surface area (Å²) < 4.78 is 0. The van der Waals surface area contributed by atoms with Gasteiger partial charge >= 0.3 is 0 Å². The van der Waals surface area contributed by atoms with Crippen LogP contribution in [0.2, 0.25) is 0 Å². The molecule has 0 aromatic carbocycles. The Morgan fingerprint density at radius 3 is 2.67 bits per heavy atom.